The van der Waals surface area contributed by atoms with E-state index in [0.29, 0.717) is 18.8 Å². The van der Waals surface area contributed by atoms with Crippen molar-refractivity contribution in [2.45, 2.75) is 6.42 Å². The number of nitrogens with zero attached hydrogens (tertiary/aromatic N) is 3. The van der Waals surface area contributed by atoms with E-state index in [-0.39, 0.29) is 5.91 Å². The number of rotatable bonds is 2. The predicted molar refractivity (Wildman–Crippen MR) is 73.2 cm³/mol. The van der Waals surface area contributed by atoms with E-state index in [9.17, 15) is 4.79 Å². The summed E-state index contributed by atoms with van der Waals surface area (Å²) in [6, 6.07) is 7.92. The number of nitrogens with two attached hydrogens (primary N) is 1. The number of aromatic amines is 1. The van der Waals surface area contributed by atoms with E-state index in [1.54, 1.807) is 18.3 Å². The Morgan fingerprint density at radius 3 is 2.89 bits per heavy atom. The summed E-state index contributed by atoms with van der Waals surface area (Å²) >= 11 is 0. The Labute approximate surface area is 110 Å². The zero-order valence-corrected chi connectivity index (χ0v) is 10.6. The molecule has 0 spiro atoms. The van der Waals surface area contributed by atoms with E-state index in [1.165, 1.54) is 0 Å². The summed E-state index contributed by atoms with van der Waals surface area (Å²) in [7, 11) is 1.79. The number of carbonyl (C=O) groups excluding carboxylic acids is 1. The number of amides is 1. The maximum absolute atomic E-state index is 11.6. The van der Waals surface area contributed by atoms with Crippen molar-refractivity contribution in [2.75, 3.05) is 24.3 Å². The van der Waals surface area contributed by atoms with Crippen LogP contribution in [0.5, 0.6) is 0 Å². The van der Waals surface area contributed by atoms with Crippen molar-refractivity contribution < 1.29 is 4.79 Å². The average Bonchev–Trinajstić information content (AvgIpc) is 2.98. The standard InChI is InChI=1S/C13H15N5O/c1-17-12(19)5-6-18(17)10-4-2-3-9(7-10)11-8-15-16-13(11)14/h2-4,7-8H,5-6H2,1H3,(H3,14,15,16). The van der Waals surface area contributed by atoms with Crippen molar-refractivity contribution in [1.29, 1.82) is 0 Å². The van der Waals surface area contributed by atoms with Crippen molar-refractivity contribution in [1.82, 2.24) is 15.2 Å². The molecule has 3 N–H and O–H groups in total. The van der Waals surface area contributed by atoms with Gasteiger partial charge in [-0.15, -0.1) is 0 Å². The lowest BCUT2D eigenvalue weighted by atomic mass is 10.1. The van der Waals surface area contributed by atoms with Gasteiger partial charge in [0.15, 0.2) is 0 Å². The summed E-state index contributed by atoms with van der Waals surface area (Å²) in [6.07, 6.45) is 2.25. The lowest BCUT2D eigenvalue weighted by Crippen LogP contribution is -2.35. The SMILES string of the molecule is CN1C(=O)CCN1c1cccc(-c2cn[nH]c2N)c1. The molecule has 6 nitrogen and oxygen atoms in total. The molecule has 0 saturated carbocycles. The molecule has 0 atom stereocenters. The highest BCUT2D eigenvalue weighted by molar-refractivity contribution is 5.82. The van der Waals surface area contributed by atoms with Crippen LogP contribution in [0.4, 0.5) is 11.5 Å². The Balaban J connectivity index is 1.97. The Bertz CT molecular complexity index is 621. The van der Waals surface area contributed by atoms with Gasteiger partial charge >= 0.3 is 0 Å². The normalized spacial score (nSPS) is 15.3. The predicted octanol–water partition coefficient (Wildman–Crippen LogP) is 1.24. The largest absolute Gasteiger partial charge is 0.384 e. The Hall–Kier alpha value is -2.50. The van der Waals surface area contributed by atoms with E-state index in [2.05, 4.69) is 10.2 Å². The minimum absolute atomic E-state index is 0.133. The highest BCUT2D eigenvalue weighted by Gasteiger charge is 2.25. The molecule has 1 saturated heterocycles. The van der Waals surface area contributed by atoms with Gasteiger partial charge < -0.3 is 5.73 Å². The lowest BCUT2D eigenvalue weighted by Gasteiger charge is -2.26. The van der Waals surface area contributed by atoms with Crippen molar-refractivity contribution >= 4 is 17.4 Å². The second-order valence-corrected chi connectivity index (χ2v) is 4.54. The fourth-order valence-electron chi connectivity index (χ4n) is 2.31. The molecular weight excluding hydrogens is 242 g/mol. The minimum atomic E-state index is 0.133. The van der Waals surface area contributed by atoms with Crippen LogP contribution in [-0.2, 0) is 4.79 Å². The van der Waals surface area contributed by atoms with Crippen LogP contribution in [0, 0.1) is 0 Å². The Morgan fingerprint density at radius 2 is 2.26 bits per heavy atom. The van der Waals surface area contributed by atoms with Gasteiger partial charge in [0, 0.05) is 25.6 Å². The third-order valence-corrected chi connectivity index (χ3v) is 3.38. The van der Waals surface area contributed by atoms with Crippen LogP contribution in [0.25, 0.3) is 11.1 Å². The van der Waals surface area contributed by atoms with E-state index in [4.69, 9.17) is 5.73 Å². The number of hydrogen-bond acceptors (Lipinski definition) is 4. The van der Waals surface area contributed by atoms with Crippen LogP contribution >= 0.6 is 0 Å². The van der Waals surface area contributed by atoms with Gasteiger partial charge in [-0.2, -0.15) is 5.10 Å². The summed E-state index contributed by atoms with van der Waals surface area (Å²) in [4.78, 5) is 11.6. The number of H-pyrrole nitrogens is 1. The molecule has 1 aromatic heterocycles. The number of nitrogen functional groups attached to an aromatic ring is 1. The number of hydrogen-bond donors (Lipinski definition) is 2. The third kappa shape index (κ3) is 1.91. The summed E-state index contributed by atoms with van der Waals surface area (Å²) in [5.41, 5.74) is 8.66. The van der Waals surface area contributed by atoms with Crippen LogP contribution in [0.1, 0.15) is 6.42 Å². The molecule has 0 unspecified atom stereocenters. The molecule has 1 fully saturated rings. The van der Waals surface area contributed by atoms with Crippen LogP contribution in [0.3, 0.4) is 0 Å². The number of carbonyl (C=O) groups is 1. The van der Waals surface area contributed by atoms with Gasteiger partial charge in [-0.1, -0.05) is 12.1 Å². The van der Waals surface area contributed by atoms with Gasteiger partial charge in [-0.3, -0.25) is 19.9 Å². The molecule has 6 heteroatoms. The van der Waals surface area contributed by atoms with Crippen molar-refractivity contribution in [3.05, 3.63) is 30.5 Å². The number of hydrazine groups is 1. The summed E-state index contributed by atoms with van der Waals surface area (Å²) in [5, 5.41) is 10.3. The average molecular weight is 257 g/mol. The van der Waals surface area contributed by atoms with E-state index in [0.717, 1.165) is 16.8 Å². The van der Waals surface area contributed by atoms with Gasteiger partial charge in [0.25, 0.3) is 0 Å². The summed E-state index contributed by atoms with van der Waals surface area (Å²) in [6.45, 7) is 0.708. The number of aromatic nitrogens is 2. The lowest BCUT2D eigenvalue weighted by molar-refractivity contribution is -0.126. The van der Waals surface area contributed by atoms with Gasteiger partial charge in [0.2, 0.25) is 5.91 Å². The van der Waals surface area contributed by atoms with Crippen LogP contribution in [0.2, 0.25) is 0 Å². The molecule has 1 aliphatic rings. The molecular formula is C13H15N5O. The topological polar surface area (TPSA) is 78.2 Å². The first-order valence-corrected chi connectivity index (χ1v) is 6.10. The zero-order chi connectivity index (χ0) is 13.4. The van der Waals surface area contributed by atoms with Crippen LogP contribution < -0.4 is 10.7 Å². The second-order valence-electron chi connectivity index (χ2n) is 4.54. The van der Waals surface area contributed by atoms with Crippen molar-refractivity contribution in [3.63, 3.8) is 0 Å². The molecule has 2 heterocycles. The molecule has 19 heavy (non-hydrogen) atoms. The number of nitrogens with one attached hydrogen (secondary N) is 1. The highest BCUT2D eigenvalue weighted by Crippen LogP contribution is 2.29. The minimum Gasteiger partial charge on any atom is -0.384 e. The molecule has 0 radical (unpaired) electrons. The smallest absolute Gasteiger partial charge is 0.242 e. The Morgan fingerprint density at radius 1 is 1.42 bits per heavy atom. The molecule has 98 valence electrons. The second kappa shape index (κ2) is 4.31. The molecule has 2 aromatic rings. The molecule has 3 rings (SSSR count). The number of anilines is 2. The molecule has 0 bridgehead atoms. The first-order valence-electron chi connectivity index (χ1n) is 6.10. The molecule has 1 amide bonds. The first kappa shape index (κ1) is 11.6. The zero-order valence-electron chi connectivity index (χ0n) is 10.6. The quantitative estimate of drug-likeness (QED) is 0.848. The first-order chi connectivity index (χ1) is 9.16. The van der Waals surface area contributed by atoms with Gasteiger partial charge in [-0.05, 0) is 17.7 Å². The van der Waals surface area contributed by atoms with E-state index in [1.807, 2.05) is 29.3 Å². The summed E-state index contributed by atoms with van der Waals surface area (Å²) in [5.74, 6) is 0.677. The maximum Gasteiger partial charge on any atom is 0.242 e. The van der Waals surface area contributed by atoms with Crippen LogP contribution in [-0.4, -0.2) is 34.7 Å². The highest BCUT2D eigenvalue weighted by atomic mass is 16.2. The van der Waals surface area contributed by atoms with Gasteiger partial charge in [0.1, 0.15) is 5.82 Å². The fourth-order valence-corrected chi connectivity index (χ4v) is 2.31. The van der Waals surface area contributed by atoms with Crippen LogP contribution in [0.15, 0.2) is 30.5 Å². The van der Waals surface area contributed by atoms with E-state index >= 15 is 0 Å². The number of benzene rings is 1. The van der Waals surface area contributed by atoms with Gasteiger partial charge in [-0.25, -0.2) is 0 Å². The van der Waals surface area contributed by atoms with Gasteiger partial charge in [0.05, 0.1) is 11.9 Å². The molecule has 1 aromatic carbocycles. The Kier molecular flexibility index (Phi) is 2.63. The monoisotopic (exact) mass is 257 g/mol. The maximum atomic E-state index is 11.6. The third-order valence-electron chi connectivity index (χ3n) is 3.38. The van der Waals surface area contributed by atoms with Crippen molar-refractivity contribution in [2.24, 2.45) is 0 Å². The van der Waals surface area contributed by atoms with E-state index < -0.39 is 0 Å². The fraction of sp³-hybridized carbons (Fsp3) is 0.231. The summed E-state index contributed by atoms with van der Waals surface area (Å²) < 4.78 is 0. The molecule has 0 aliphatic carbocycles. The molecule has 1 aliphatic heterocycles. The van der Waals surface area contributed by atoms with Crippen molar-refractivity contribution in [3.8, 4) is 11.1 Å².